The van der Waals surface area contributed by atoms with E-state index >= 15 is 0 Å². The lowest BCUT2D eigenvalue weighted by Crippen LogP contribution is -2.50. The van der Waals surface area contributed by atoms with Crippen molar-refractivity contribution < 1.29 is 27.1 Å². The van der Waals surface area contributed by atoms with Gasteiger partial charge in [-0.3, -0.25) is 9.78 Å². The fourth-order valence-electron chi connectivity index (χ4n) is 5.45. The summed E-state index contributed by atoms with van der Waals surface area (Å²) < 4.78 is 58.8. The minimum absolute atomic E-state index is 0.0105. The largest absolute Gasteiger partial charge is 0.417 e. The minimum Gasteiger partial charge on any atom is -0.378 e. The summed E-state index contributed by atoms with van der Waals surface area (Å²) in [6.45, 7) is 5.26. The zero-order valence-electron chi connectivity index (χ0n) is 18.6. The Morgan fingerprint density at radius 2 is 2.12 bits per heavy atom. The lowest BCUT2D eigenvalue weighted by Gasteiger charge is -2.40. The van der Waals surface area contributed by atoms with Crippen LogP contribution < -0.4 is 5.32 Å². The van der Waals surface area contributed by atoms with Crippen LogP contribution >= 0.6 is 0 Å². The maximum atomic E-state index is 14.2. The number of pyridine rings is 1. The van der Waals surface area contributed by atoms with Crippen LogP contribution in [0.4, 0.5) is 17.6 Å². The van der Waals surface area contributed by atoms with Crippen LogP contribution in [-0.2, 0) is 28.7 Å². The number of nitrogens with zero attached hydrogens (tertiary/aromatic N) is 2. The highest BCUT2D eigenvalue weighted by molar-refractivity contribution is 5.83. The number of ether oxygens (including phenoxy) is 1. The molecule has 0 bridgehead atoms. The summed E-state index contributed by atoms with van der Waals surface area (Å²) >= 11 is 0. The van der Waals surface area contributed by atoms with Gasteiger partial charge in [0.05, 0.1) is 17.6 Å². The molecule has 4 atom stereocenters. The van der Waals surface area contributed by atoms with Gasteiger partial charge in [0.1, 0.15) is 6.17 Å². The highest BCUT2D eigenvalue weighted by Gasteiger charge is 2.50. The molecule has 2 aliphatic heterocycles. The van der Waals surface area contributed by atoms with E-state index in [4.69, 9.17) is 4.74 Å². The second kappa shape index (κ2) is 8.89. The van der Waals surface area contributed by atoms with E-state index in [9.17, 15) is 22.4 Å². The lowest BCUT2D eigenvalue weighted by atomic mass is 9.74. The summed E-state index contributed by atoms with van der Waals surface area (Å²) in [6, 6.07) is 0.897. The molecule has 3 heterocycles. The predicted octanol–water partition coefficient (Wildman–Crippen LogP) is 3.90. The van der Waals surface area contributed by atoms with Gasteiger partial charge in [0, 0.05) is 50.1 Å². The molecule has 32 heavy (non-hydrogen) atoms. The Balaban J connectivity index is 1.48. The number of halogens is 4. The predicted molar refractivity (Wildman–Crippen MR) is 111 cm³/mol. The zero-order valence-corrected chi connectivity index (χ0v) is 18.6. The van der Waals surface area contributed by atoms with Crippen LogP contribution in [0.5, 0.6) is 0 Å². The first-order valence-corrected chi connectivity index (χ1v) is 11.4. The van der Waals surface area contributed by atoms with E-state index in [1.807, 2.05) is 13.8 Å². The number of amides is 1. The maximum absolute atomic E-state index is 14.2. The average molecular weight is 458 g/mol. The van der Waals surface area contributed by atoms with Crippen LogP contribution in [0.25, 0.3) is 0 Å². The van der Waals surface area contributed by atoms with Crippen molar-refractivity contribution in [3.05, 3.63) is 29.1 Å². The Labute approximate surface area is 185 Å². The monoisotopic (exact) mass is 457 g/mol. The molecule has 3 aliphatic rings. The minimum atomic E-state index is -4.46. The van der Waals surface area contributed by atoms with Gasteiger partial charge in [0.25, 0.3) is 0 Å². The van der Waals surface area contributed by atoms with Gasteiger partial charge in [0.15, 0.2) is 0 Å². The molecule has 0 aromatic carbocycles. The summed E-state index contributed by atoms with van der Waals surface area (Å²) in [5.74, 6) is 0.0577. The fourth-order valence-corrected chi connectivity index (χ4v) is 5.45. The standard InChI is InChI=1S/C23H31F4N3O2/c1-14(2)22(6-3-17(10-22)29-20-5-8-32-13-18(20)24)21(31)30-7-4-19-15(12-30)9-16(11-28-19)23(25,26)27/h9,11,14,17-18,20,29H,3-8,10,12-13H2,1-2H3/t17?,18?,20?,22-/m0/s1. The first kappa shape index (κ1) is 23.4. The van der Waals surface area contributed by atoms with Crippen LogP contribution in [-0.4, -0.2) is 53.8 Å². The third-order valence-electron chi connectivity index (χ3n) is 7.47. The number of rotatable bonds is 4. The van der Waals surface area contributed by atoms with E-state index in [1.54, 1.807) is 4.90 Å². The molecule has 1 N–H and O–H groups in total. The van der Waals surface area contributed by atoms with Gasteiger partial charge in [-0.05, 0) is 43.2 Å². The number of aromatic nitrogens is 1. The van der Waals surface area contributed by atoms with Gasteiger partial charge in [-0.2, -0.15) is 13.2 Å². The summed E-state index contributed by atoms with van der Waals surface area (Å²) in [5, 5.41) is 3.41. The first-order chi connectivity index (χ1) is 15.1. The molecule has 5 nitrogen and oxygen atoms in total. The van der Waals surface area contributed by atoms with E-state index in [1.165, 1.54) is 0 Å². The lowest BCUT2D eigenvalue weighted by molar-refractivity contribution is -0.146. The van der Waals surface area contributed by atoms with Crippen LogP contribution in [0, 0.1) is 11.3 Å². The van der Waals surface area contributed by atoms with Gasteiger partial charge in [-0.25, -0.2) is 4.39 Å². The van der Waals surface area contributed by atoms with Crippen molar-refractivity contribution in [1.82, 2.24) is 15.2 Å². The van der Waals surface area contributed by atoms with E-state index in [0.29, 0.717) is 50.1 Å². The second-order valence-electron chi connectivity index (χ2n) is 9.71. The van der Waals surface area contributed by atoms with Gasteiger partial charge in [-0.15, -0.1) is 0 Å². The maximum Gasteiger partial charge on any atom is 0.417 e. The quantitative estimate of drug-likeness (QED) is 0.697. The Kier molecular flexibility index (Phi) is 6.51. The molecule has 9 heteroatoms. The van der Waals surface area contributed by atoms with Crippen LogP contribution in [0.1, 0.15) is 56.4 Å². The van der Waals surface area contributed by atoms with Crippen molar-refractivity contribution in [2.75, 3.05) is 19.8 Å². The molecule has 1 saturated carbocycles. The SMILES string of the molecule is CC(C)[C@]1(C(=O)N2CCc3ncc(C(F)(F)F)cc3C2)CCC(NC2CCOCC2F)C1. The molecular weight excluding hydrogens is 426 g/mol. The van der Waals surface area contributed by atoms with E-state index in [2.05, 4.69) is 10.3 Å². The molecule has 2 fully saturated rings. The average Bonchev–Trinajstić information content (AvgIpc) is 3.19. The number of hydrogen-bond donors (Lipinski definition) is 1. The van der Waals surface area contributed by atoms with Gasteiger partial charge < -0.3 is 15.0 Å². The molecule has 1 aromatic heterocycles. The van der Waals surface area contributed by atoms with Crippen molar-refractivity contribution in [2.45, 2.75) is 76.9 Å². The van der Waals surface area contributed by atoms with Crippen molar-refractivity contribution in [2.24, 2.45) is 11.3 Å². The molecule has 178 valence electrons. The van der Waals surface area contributed by atoms with E-state index in [-0.39, 0.29) is 37.1 Å². The summed E-state index contributed by atoms with van der Waals surface area (Å²) in [4.78, 5) is 19.4. The third-order valence-corrected chi connectivity index (χ3v) is 7.47. The molecule has 1 saturated heterocycles. The smallest absolute Gasteiger partial charge is 0.378 e. The van der Waals surface area contributed by atoms with Gasteiger partial charge >= 0.3 is 6.18 Å². The molecule has 1 aromatic rings. The molecule has 0 radical (unpaired) electrons. The zero-order chi connectivity index (χ0) is 23.1. The summed E-state index contributed by atoms with van der Waals surface area (Å²) in [5.41, 5.74) is -0.290. The molecule has 4 rings (SSSR count). The Hall–Kier alpha value is -1.74. The Bertz CT molecular complexity index is 847. The number of carbonyl (C=O) groups excluding carboxylic acids is 1. The van der Waals surface area contributed by atoms with Crippen molar-refractivity contribution in [1.29, 1.82) is 0 Å². The fraction of sp³-hybridized carbons (Fsp3) is 0.739. The van der Waals surface area contributed by atoms with Crippen molar-refractivity contribution >= 4 is 5.91 Å². The number of alkyl halides is 4. The number of nitrogens with one attached hydrogen (secondary N) is 1. The van der Waals surface area contributed by atoms with Gasteiger partial charge in [-0.1, -0.05) is 13.8 Å². The Morgan fingerprint density at radius 3 is 2.81 bits per heavy atom. The molecule has 1 amide bonds. The van der Waals surface area contributed by atoms with Crippen LogP contribution in [0.3, 0.4) is 0 Å². The topological polar surface area (TPSA) is 54.5 Å². The van der Waals surface area contributed by atoms with Crippen molar-refractivity contribution in [3.8, 4) is 0 Å². The van der Waals surface area contributed by atoms with Crippen molar-refractivity contribution in [3.63, 3.8) is 0 Å². The number of hydrogen-bond acceptors (Lipinski definition) is 4. The van der Waals surface area contributed by atoms with Crippen LogP contribution in [0.2, 0.25) is 0 Å². The van der Waals surface area contributed by atoms with E-state index in [0.717, 1.165) is 18.7 Å². The molecule has 0 spiro atoms. The third kappa shape index (κ3) is 4.51. The first-order valence-electron chi connectivity index (χ1n) is 11.4. The summed E-state index contributed by atoms with van der Waals surface area (Å²) in [6.07, 6.45) is -1.52. The number of carbonyl (C=O) groups is 1. The molecule has 3 unspecified atom stereocenters. The normalized spacial score (nSPS) is 31.1. The van der Waals surface area contributed by atoms with E-state index < -0.39 is 23.3 Å². The molecule has 1 aliphatic carbocycles. The molecular formula is C23H31F4N3O2. The summed E-state index contributed by atoms with van der Waals surface area (Å²) in [7, 11) is 0. The number of fused-ring (bicyclic) bond motifs is 1. The highest BCUT2D eigenvalue weighted by Crippen LogP contribution is 2.47. The highest BCUT2D eigenvalue weighted by atomic mass is 19.4. The van der Waals surface area contributed by atoms with Crippen LogP contribution in [0.15, 0.2) is 12.3 Å². The Morgan fingerprint density at radius 1 is 1.34 bits per heavy atom. The second-order valence-corrected chi connectivity index (χ2v) is 9.71. The van der Waals surface area contributed by atoms with Gasteiger partial charge in [0.2, 0.25) is 5.91 Å².